The molecule has 25 heavy (non-hydrogen) atoms. The van der Waals surface area contributed by atoms with Crippen LogP contribution in [0.15, 0.2) is 42.7 Å². The normalized spacial score (nSPS) is 15.2. The molecule has 0 bridgehead atoms. The molecule has 1 aliphatic carbocycles. The minimum atomic E-state index is 0.239. The second kappa shape index (κ2) is 8.84. The Bertz CT molecular complexity index is 659. The summed E-state index contributed by atoms with van der Waals surface area (Å²) in [6.07, 6.45) is 13.6. The summed E-state index contributed by atoms with van der Waals surface area (Å²) < 4.78 is 1.86. The number of hydrogen-bond acceptors (Lipinski definition) is 2. The van der Waals surface area contributed by atoms with Crippen molar-refractivity contribution in [1.82, 2.24) is 14.7 Å². The Morgan fingerprint density at radius 1 is 1.20 bits per heavy atom. The maximum Gasteiger partial charge on any atom is 0.222 e. The zero-order chi connectivity index (χ0) is 17.5. The standard InChI is InChI=1S/C21H29N3O/c1-23(21(25)14-8-11-18-9-4-2-5-10-18)16-19-15-22-24(17-19)20-12-6-3-7-13-20/h3,6-7,12-13,15,17-18H,2,4-5,8-11,14,16H2,1H3. The third-order valence-corrected chi connectivity index (χ3v) is 5.23. The van der Waals surface area contributed by atoms with Gasteiger partial charge in [-0.15, -0.1) is 0 Å². The van der Waals surface area contributed by atoms with Crippen LogP contribution < -0.4 is 0 Å². The van der Waals surface area contributed by atoms with Gasteiger partial charge in [-0.3, -0.25) is 4.79 Å². The minimum absolute atomic E-state index is 0.239. The topological polar surface area (TPSA) is 38.1 Å². The molecule has 1 heterocycles. The van der Waals surface area contributed by atoms with Crippen molar-refractivity contribution in [1.29, 1.82) is 0 Å². The molecule has 0 N–H and O–H groups in total. The summed E-state index contributed by atoms with van der Waals surface area (Å²) in [4.78, 5) is 14.2. The average Bonchev–Trinajstić information content (AvgIpc) is 3.12. The second-order valence-electron chi connectivity index (χ2n) is 7.27. The van der Waals surface area contributed by atoms with Crippen LogP contribution in [0.3, 0.4) is 0 Å². The van der Waals surface area contributed by atoms with Crippen LogP contribution in [0.25, 0.3) is 5.69 Å². The molecule has 134 valence electrons. The first-order valence-electron chi connectivity index (χ1n) is 9.55. The van der Waals surface area contributed by atoms with Gasteiger partial charge in [-0.25, -0.2) is 4.68 Å². The van der Waals surface area contributed by atoms with Crippen molar-refractivity contribution in [3.8, 4) is 5.69 Å². The SMILES string of the molecule is CN(Cc1cnn(-c2ccccc2)c1)C(=O)CCCC1CCCCC1. The molecule has 4 heteroatoms. The fraction of sp³-hybridized carbons (Fsp3) is 0.524. The summed E-state index contributed by atoms with van der Waals surface area (Å²) in [5.41, 5.74) is 2.10. The van der Waals surface area contributed by atoms with Crippen LogP contribution in [-0.2, 0) is 11.3 Å². The Morgan fingerprint density at radius 3 is 2.72 bits per heavy atom. The second-order valence-corrected chi connectivity index (χ2v) is 7.27. The summed E-state index contributed by atoms with van der Waals surface area (Å²) in [5, 5.41) is 4.40. The summed E-state index contributed by atoms with van der Waals surface area (Å²) in [6, 6.07) is 10.0. The number of hydrogen-bond donors (Lipinski definition) is 0. The molecule has 0 atom stereocenters. The van der Waals surface area contributed by atoms with Gasteiger partial charge >= 0.3 is 0 Å². The molecule has 0 spiro atoms. The van der Waals surface area contributed by atoms with Crippen molar-refractivity contribution in [2.75, 3.05) is 7.05 Å². The number of benzene rings is 1. The monoisotopic (exact) mass is 339 g/mol. The summed E-state index contributed by atoms with van der Waals surface area (Å²) in [7, 11) is 1.89. The molecular formula is C21H29N3O. The lowest BCUT2D eigenvalue weighted by Crippen LogP contribution is -2.25. The Labute approximate surface area is 150 Å². The van der Waals surface area contributed by atoms with Gasteiger partial charge in [-0.05, 0) is 30.9 Å². The van der Waals surface area contributed by atoms with Gasteiger partial charge in [-0.1, -0.05) is 50.3 Å². The van der Waals surface area contributed by atoms with E-state index in [9.17, 15) is 4.79 Å². The lowest BCUT2D eigenvalue weighted by molar-refractivity contribution is -0.130. The quantitative estimate of drug-likeness (QED) is 0.740. The lowest BCUT2D eigenvalue weighted by atomic mass is 9.86. The number of amides is 1. The van der Waals surface area contributed by atoms with E-state index in [1.165, 1.54) is 38.5 Å². The highest BCUT2D eigenvalue weighted by Crippen LogP contribution is 2.27. The van der Waals surface area contributed by atoms with Gasteiger partial charge in [0.2, 0.25) is 5.91 Å². The van der Waals surface area contributed by atoms with Gasteiger partial charge in [-0.2, -0.15) is 5.10 Å². The third-order valence-electron chi connectivity index (χ3n) is 5.23. The van der Waals surface area contributed by atoms with E-state index in [4.69, 9.17) is 0 Å². The van der Waals surface area contributed by atoms with E-state index in [-0.39, 0.29) is 5.91 Å². The highest BCUT2D eigenvalue weighted by atomic mass is 16.2. The van der Waals surface area contributed by atoms with Crippen LogP contribution in [0, 0.1) is 5.92 Å². The lowest BCUT2D eigenvalue weighted by Gasteiger charge is -2.22. The molecular weight excluding hydrogens is 310 g/mol. The number of rotatable bonds is 7. The van der Waals surface area contributed by atoms with E-state index in [2.05, 4.69) is 5.10 Å². The molecule has 1 amide bonds. The Balaban J connectivity index is 1.44. The van der Waals surface area contributed by atoms with Crippen LogP contribution in [-0.4, -0.2) is 27.6 Å². The van der Waals surface area contributed by atoms with Crippen LogP contribution in [0.1, 0.15) is 56.9 Å². The van der Waals surface area contributed by atoms with Gasteiger partial charge in [0, 0.05) is 31.8 Å². The summed E-state index contributed by atoms with van der Waals surface area (Å²) in [5.74, 6) is 1.10. The number of carbonyl (C=O) groups excluding carboxylic acids is 1. The van der Waals surface area contributed by atoms with Crippen molar-refractivity contribution in [2.45, 2.75) is 57.9 Å². The molecule has 1 saturated carbocycles. The van der Waals surface area contributed by atoms with E-state index >= 15 is 0 Å². The number of nitrogens with zero attached hydrogens (tertiary/aromatic N) is 3. The van der Waals surface area contributed by atoms with E-state index in [0.717, 1.165) is 23.6 Å². The Morgan fingerprint density at radius 2 is 1.96 bits per heavy atom. The molecule has 1 aromatic carbocycles. The molecule has 0 aliphatic heterocycles. The zero-order valence-corrected chi connectivity index (χ0v) is 15.2. The number of para-hydroxylation sites is 1. The van der Waals surface area contributed by atoms with Gasteiger partial charge in [0.25, 0.3) is 0 Å². The van der Waals surface area contributed by atoms with Crippen LogP contribution in [0.5, 0.6) is 0 Å². The molecule has 3 rings (SSSR count). The molecule has 2 aromatic rings. The van der Waals surface area contributed by atoms with Crippen LogP contribution >= 0.6 is 0 Å². The van der Waals surface area contributed by atoms with E-state index in [0.29, 0.717) is 13.0 Å². The predicted octanol–water partition coefficient (Wildman–Crippen LogP) is 4.58. The number of aromatic nitrogens is 2. The van der Waals surface area contributed by atoms with Crippen molar-refractivity contribution < 1.29 is 4.79 Å². The maximum absolute atomic E-state index is 12.4. The highest BCUT2D eigenvalue weighted by Gasteiger charge is 2.15. The van der Waals surface area contributed by atoms with Crippen molar-refractivity contribution in [3.05, 3.63) is 48.3 Å². The van der Waals surface area contributed by atoms with Gasteiger partial charge in [0.1, 0.15) is 0 Å². The predicted molar refractivity (Wildman–Crippen MR) is 100 cm³/mol. The van der Waals surface area contributed by atoms with E-state index in [1.807, 2.05) is 59.4 Å². The van der Waals surface area contributed by atoms with Crippen molar-refractivity contribution >= 4 is 5.91 Å². The molecule has 0 radical (unpaired) electrons. The first kappa shape index (κ1) is 17.7. The van der Waals surface area contributed by atoms with Crippen LogP contribution in [0.2, 0.25) is 0 Å². The fourth-order valence-electron chi connectivity index (χ4n) is 3.73. The van der Waals surface area contributed by atoms with E-state index in [1.54, 1.807) is 0 Å². The van der Waals surface area contributed by atoms with Crippen LogP contribution in [0.4, 0.5) is 0 Å². The fourth-order valence-corrected chi connectivity index (χ4v) is 3.73. The third kappa shape index (κ3) is 5.18. The number of carbonyl (C=O) groups is 1. The van der Waals surface area contributed by atoms with E-state index < -0.39 is 0 Å². The Hall–Kier alpha value is -2.10. The largest absolute Gasteiger partial charge is 0.341 e. The molecule has 0 saturated heterocycles. The smallest absolute Gasteiger partial charge is 0.222 e. The Kier molecular flexibility index (Phi) is 6.26. The molecule has 4 nitrogen and oxygen atoms in total. The van der Waals surface area contributed by atoms with Gasteiger partial charge in [0.05, 0.1) is 11.9 Å². The van der Waals surface area contributed by atoms with Crippen molar-refractivity contribution in [3.63, 3.8) is 0 Å². The zero-order valence-electron chi connectivity index (χ0n) is 15.2. The summed E-state index contributed by atoms with van der Waals surface area (Å²) >= 11 is 0. The van der Waals surface area contributed by atoms with Gasteiger partial charge < -0.3 is 4.90 Å². The molecule has 1 aromatic heterocycles. The first-order chi connectivity index (χ1) is 12.2. The van der Waals surface area contributed by atoms with Crippen molar-refractivity contribution in [2.24, 2.45) is 5.92 Å². The molecule has 0 unspecified atom stereocenters. The first-order valence-corrected chi connectivity index (χ1v) is 9.55. The highest BCUT2D eigenvalue weighted by molar-refractivity contribution is 5.75. The van der Waals surface area contributed by atoms with Gasteiger partial charge in [0.15, 0.2) is 0 Å². The maximum atomic E-state index is 12.4. The minimum Gasteiger partial charge on any atom is -0.341 e. The molecule has 1 fully saturated rings. The average molecular weight is 339 g/mol. The molecule has 1 aliphatic rings. The summed E-state index contributed by atoms with van der Waals surface area (Å²) in [6.45, 7) is 0.620.